The van der Waals surface area contributed by atoms with Gasteiger partial charge in [-0.15, -0.1) is 11.3 Å². The number of nitrogens with one attached hydrogen (secondary N) is 1. The van der Waals surface area contributed by atoms with Crippen LogP contribution in [0.4, 0.5) is 0 Å². The van der Waals surface area contributed by atoms with Crippen LogP contribution in [0.15, 0.2) is 51.0 Å². The number of hydrogen-bond donors (Lipinski definition) is 1. The number of benzene rings is 1. The van der Waals surface area contributed by atoms with E-state index in [1.54, 1.807) is 11.3 Å². The molecule has 5 rings (SSSR count). The van der Waals surface area contributed by atoms with Gasteiger partial charge in [-0.05, 0) is 43.0 Å². The molecular weight excluding hydrogens is 334 g/mol. The molecule has 0 bridgehead atoms. The van der Waals surface area contributed by atoms with E-state index >= 15 is 0 Å². The number of likely N-dealkylation sites (tertiary alicyclic amines) is 1. The number of fused-ring (bicyclic) bond motifs is 3. The van der Waals surface area contributed by atoms with Gasteiger partial charge in [-0.2, -0.15) is 0 Å². The smallest absolute Gasteiger partial charge is 0.294 e. The van der Waals surface area contributed by atoms with Crippen molar-refractivity contribution in [1.82, 2.24) is 14.9 Å². The number of H-pyrrole nitrogens is 1. The maximum atomic E-state index is 12.4. The number of hydrogen-bond acceptors (Lipinski definition) is 5. The van der Waals surface area contributed by atoms with Gasteiger partial charge in [0, 0.05) is 16.3 Å². The van der Waals surface area contributed by atoms with Crippen LogP contribution in [0.2, 0.25) is 0 Å². The Morgan fingerprint density at radius 2 is 2.20 bits per heavy atom. The Labute approximate surface area is 147 Å². The average molecular weight is 351 g/mol. The molecule has 1 aliphatic heterocycles. The Kier molecular flexibility index (Phi) is 3.46. The van der Waals surface area contributed by atoms with Gasteiger partial charge in [0.05, 0.1) is 6.54 Å². The van der Waals surface area contributed by atoms with Gasteiger partial charge in [-0.3, -0.25) is 9.69 Å². The van der Waals surface area contributed by atoms with Gasteiger partial charge in [0.2, 0.25) is 5.58 Å². The minimum Gasteiger partial charge on any atom is -0.449 e. The molecule has 1 saturated heterocycles. The minimum atomic E-state index is -0.205. The van der Waals surface area contributed by atoms with Gasteiger partial charge < -0.3 is 9.40 Å². The van der Waals surface area contributed by atoms with Crippen LogP contribution in [-0.4, -0.2) is 21.4 Å². The maximum Gasteiger partial charge on any atom is 0.294 e. The predicted octanol–water partition coefficient (Wildman–Crippen LogP) is 4.07. The zero-order valence-electron chi connectivity index (χ0n) is 13.6. The third kappa shape index (κ3) is 2.49. The number of furan rings is 1. The summed E-state index contributed by atoms with van der Waals surface area (Å²) >= 11 is 1.79. The third-order valence-electron chi connectivity index (χ3n) is 4.87. The lowest BCUT2D eigenvalue weighted by molar-refractivity contribution is 0.245. The molecule has 4 heterocycles. The lowest BCUT2D eigenvalue weighted by Crippen LogP contribution is -2.25. The van der Waals surface area contributed by atoms with Crippen LogP contribution in [0, 0.1) is 0 Å². The van der Waals surface area contributed by atoms with E-state index in [1.165, 1.54) is 11.3 Å². The number of nitrogens with zero attached hydrogens (tertiary/aromatic N) is 2. The first-order chi connectivity index (χ1) is 12.3. The Morgan fingerprint density at radius 3 is 3.08 bits per heavy atom. The van der Waals surface area contributed by atoms with Crippen molar-refractivity contribution in [3.63, 3.8) is 0 Å². The minimum absolute atomic E-state index is 0.205. The predicted molar refractivity (Wildman–Crippen MR) is 98.8 cm³/mol. The Balaban J connectivity index is 1.54. The van der Waals surface area contributed by atoms with Crippen molar-refractivity contribution in [2.24, 2.45) is 0 Å². The van der Waals surface area contributed by atoms with E-state index in [0.717, 1.165) is 18.4 Å². The standard InChI is InChI=1S/C19H17N3O2S/c23-19-18-17(12-5-1-2-7-14(12)24-18)20-16(21-19)11-22-9-3-6-13(22)15-8-4-10-25-15/h1-2,4-5,7-8,10,13H,3,6,9,11H2,(H,20,21,23)/t13-/m1/s1. The van der Waals surface area contributed by atoms with Gasteiger partial charge in [-0.1, -0.05) is 18.2 Å². The zero-order valence-corrected chi connectivity index (χ0v) is 14.4. The summed E-state index contributed by atoms with van der Waals surface area (Å²) in [7, 11) is 0. The summed E-state index contributed by atoms with van der Waals surface area (Å²) in [6.45, 7) is 1.67. The van der Waals surface area contributed by atoms with Gasteiger partial charge in [-0.25, -0.2) is 4.98 Å². The van der Waals surface area contributed by atoms with Crippen LogP contribution in [0.25, 0.3) is 22.1 Å². The highest BCUT2D eigenvalue weighted by Crippen LogP contribution is 2.35. The van der Waals surface area contributed by atoms with Crippen LogP contribution < -0.4 is 5.56 Å². The lowest BCUT2D eigenvalue weighted by Gasteiger charge is -2.22. The molecule has 0 aliphatic carbocycles. The zero-order chi connectivity index (χ0) is 16.8. The molecule has 0 amide bonds. The molecule has 1 fully saturated rings. The number of para-hydroxylation sites is 1. The van der Waals surface area contributed by atoms with E-state index in [0.29, 0.717) is 35.1 Å². The SMILES string of the molecule is O=c1[nH]c(CN2CCC[C@@H]2c2cccs2)nc2c1oc1ccccc12. The first-order valence-corrected chi connectivity index (χ1v) is 9.35. The molecule has 4 aromatic rings. The van der Waals surface area contributed by atoms with Crippen LogP contribution >= 0.6 is 11.3 Å². The molecule has 0 radical (unpaired) electrons. The number of aromatic nitrogens is 2. The second-order valence-corrected chi connectivity index (χ2v) is 7.41. The summed E-state index contributed by atoms with van der Waals surface area (Å²) in [5.74, 6) is 0.701. The second kappa shape index (κ2) is 5.82. The highest BCUT2D eigenvalue weighted by atomic mass is 32.1. The lowest BCUT2D eigenvalue weighted by atomic mass is 10.2. The molecule has 0 spiro atoms. The summed E-state index contributed by atoms with van der Waals surface area (Å²) in [5, 5.41) is 3.01. The van der Waals surface area contributed by atoms with E-state index < -0.39 is 0 Å². The van der Waals surface area contributed by atoms with E-state index in [1.807, 2.05) is 24.3 Å². The molecule has 5 nitrogen and oxygen atoms in total. The van der Waals surface area contributed by atoms with E-state index in [9.17, 15) is 4.79 Å². The van der Waals surface area contributed by atoms with E-state index in [4.69, 9.17) is 9.40 Å². The Bertz CT molecular complexity index is 1100. The normalized spacial score (nSPS) is 18.5. The van der Waals surface area contributed by atoms with Gasteiger partial charge in [0.25, 0.3) is 5.56 Å². The average Bonchev–Trinajstić information content (AvgIpc) is 3.34. The number of aromatic amines is 1. The molecule has 126 valence electrons. The van der Waals surface area contributed by atoms with Gasteiger partial charge >= 0.3 is 0 Å². The van der Waals surface area contributed by atoms with Crippen molar-refractivity contribution in [2.75, 3.05) is 6.54 Å². The summed E-state index contributed by atoms with van der Waals surface area (Å²) in [6, 6.07) is 12.4. The fourth-order valence-electron chi connectivity index (χ4n) is 3.73. The fourth-order valence-corrected chi connectivity index (χ4v) is 4.63. The highest BCUT2D eigenvalue weighted by Gasteiger charge is 2.27. The first kappa shape index (κ1) is 14.9. The molecule has 6 heteroatoms. The molecular formula is C19H17N3O2S. The Hall–Kier alpha value is -2.44. The van der Waals surface area contributed by atoms with Crippen LogP contribution in [0.5, 0.6) is 0 Å². The van der Waals surface area contributed by atoms with Crippen molar-refractivity contribution < 1.29 is 4.42 Å². The molecule has 1 aliphatic rings. The fraction of sp³-hybridized carbons (Fsp3) is 0.263. The molecule has 0 unspecified atom stereocenters. The quantitative estimate of drug-likeness (QED) is 0.604. The van der Waals surface area contributed by atoms with Crippen molar-refractivity contribution in [3.05, 3.63) is 62.8 Å². The summed E-state index contributed by atoms with van der Waals surface area (Å²) in [5.41, 5.74) is 1.45. The molecule has 25 heavy (non-hydrogen) atoms. The monoisotopic (exact) mass is 351 g/mol. The molecule has 1 N–H and O–H groups in total. The van der Waals surface area contributed by atoms with E-state index in [-0.39, 0.29) is 5.56 Å². The van der Waals surface area contributed by atoms with Crippen LogP contribution in [0.1, 0.15) is 29.6 Å². The maximum absolute atomic E-state index is 12.4. The summed E-state index contributed by atoms with van der Waals surface area (Å²) in [6.07, 6.45) is 2.32. The number of rotatable bonds is 3. The first-order valence-electron chi connectivity index (χ1n) is 8.47. The van der Waals surface area contributed by atoms with Crippen molar-refractivity contribution >= 4 is 33.4 Å². The summed E-state index contributed by atoms with van der Waals surface area (Å²) in [4.78, 5) is 23.9. The van der Waals surface area contributed by atoms with Crippen LogP contribution in [0.3, 0.4) is 0 Å². The van der Waals surface area contributed by atoms with Crippen LogP contribution in [-0.2, 0) is 6.54 Å². The Morgan fingerprint density at radius 1 is 1.28 bits per heavy atom. The summed E-state index contributed by atoms with van der Waals surface area (Å²) < 4.78 is 5.67. The van der Waals surface area contributed by atoms with Crippen molar-refractivity contribution in [1.29, 1.82) is 0 Å². The molecule has 1 atom stereocenters. The van der Waals surface area contributed by atoms with E-state index in [2.05, 4.69) is 27.4 Å². The molecule has 1 aromatic carbocycles. The van der Waals surface area contributed by atoms with Gasteiger partial charge in [0.15, 0.2) is 0 Å². The molecule has 0 saturated carbocycles. The second-order valence-electron chi connectivity index (χ2n) is 6.43. The van der Waals surface area contributed by atoms with Crippen molar-refractivity contribution in [2.45, 2.75) is 25.4 Å². The van der Waals surface area contributed by atoms with Crippen molar-refractivity contribution in [3.8, 4) is 0 Å². The third-order valence-corrected chi connectivity index (χ3v) is 5.84. The van der Waals surface area contributed by atoms with Gasteiger partial charge in [0.1, 0.15) is 16.9 Å². The molecule has 3 aromatic heterocycles. The highest BCUT2D eigenvalue weighted by molar-refractivity contribution is 7.10. The largest absolute Gasteiger partial charge is 0.449 e. The number of thiophene rings is 1. The topological polar surface area (TPSA) is 62.1 Å².